The predicted molar refractivity (Wildman–Crippen MR) is 149 cm³/mol. The van der Waals surface area contributed by atoms with Crippen molar-refractivity contribution < 1.29 is 14.3 Å². The lowest BCUT2D eigenvalue weighted by molar-refractivity contribution is -0.144. The minimum Gasteiger partial charge on any atom is -0.497 e. The Hall–Kier alpha value is -3.16. The SMILES string of the molecule is COc1ccc(C2c3ccsc3CCN2CC(=O)N2CCN(C(=O)C3C[C@H]3c3ccccc3)C(C)C2)cc1. The average molecular weight is 530 g/mol. The van der Waals surface area contributed by atoms with Crippen LogP contribution in [0.3, 0.4) is 0 Å². The van der Waals surface area contributed by atoms with E-state index in [9.17, 15) is 9.59 Å². The quantitative estimate of drug-likeness (QED) is 0.470. The van der Waals surface area contributed by atoms with Crippen LogP contribution in [0.25, 0.3) is 0 Å². The number of carbonyl (C=O) groups excluding carboxylic acids is 2. The molecule has 2 aliphatic heterocycles. The summed E-state index contributed by atoms with van der Waals surface area (Å²) in [5.74, 6) is 1.65. The van der Waals surface area contributed by atoms with Crippen molar-refractivity contribution in [2.24, 2.45) is 5.92 Å². The molecule has 6 nitrogen and oxygen atoms in total. The van der Waals surface area contributed by atoms with Gasteiger partial charge < -0.3 is 14.5 Å². The van der Waals surface area contributed by atoms with E-state index < -0.39 is 0 Å². The van der Waals surface area contributed by atoms with E-state index in [1.54, 1.807) is 18.4 Å². The normalized spacial score (nSPS) is 25.1. The minimum atomic E-state index is 0.0273. The molecule has 1 aliphatic carbocycles. The van der Waals surface area contributed by atoms with Crippen molar-refractivity contribution in [3.05, 3.63) is 87.6 Å². The first-order valence-electron chi connectivity index (χ1n) is 13.6. The van der Waals surface area contributed by atoms with Crippen LogP contribution in [0.5, 0.6) is 5.75 Å². The molecule has 3 aromatic rings. The molecule has 3 unspecified atom stereocenters. The summed E-state index contributed by atoms with van der Waals surface area (Å²) in [5.41, 5.74) is 3.74. The fraction of sp³-hybridized carbons (Fsp3) is 0.419. The summed E-state index contributed by atoms with van der Waals surface area (Å²) in [4.78, 5) is 34.5. The van der Waals surface area contributed by atoms with Crippen LogP contribution >= 0.6 is 11.3 Å². The monoisotopic (exact) mass is 529 g/mol. The highest BCUT2D eigenvalue weighted by molar-refractivity contribution is 7.10. The van der Waals surface area contributed by atoms with Gasteiger partial charge in [-0.05, 0) is 66.0 Å². The Morgan fingerprint density at radius 2 is 1.76 bits per heavy atom. The maximum Gasteiger partial charge on any atom is 0.236 e. The van der Waals surface area contributed by atoms with Gasteiger partial charge in [-0.2, -0.15) is 0 Å². The van der Waals surface area contributed by atoms with Gasteiger partial charge in [-0.3, -0.25) is 14.5 Å². The van der Waals surface area contributed by atoms with Gasteiger partial charge in [0.1, 0.15) is 5.75 Å². The van der Waals surface area contributed by atoms with Gasteiger partial charge in [0.05, 0.1) is 19.7 Å². The number of carbonyl (C=O) groups is 2. The molecule has 1 saturated carbocycles. The number of hydrogen-bond donors (Lipinski definition) is 0. The summed E-state index contributed by atoms with van der Waals surface area (Å²) in [6.45, 7) is 5.12. The lowest BCUT2D eigenvalue weighted by atomic mass is 9.93. The molecule has 0 bridgehead atoms. The van der Waals surface area contributed by atoms with Crippen LogP contribution in [0, 0.1) is 5.92 Å². The number of benzene rings is 2. The third-order valence-corrected chi connectivity index (χ3v) is 9.43. The smallest absolute Gasteiger partial charge is 0.236 e. The van der Waals surface area contributed by atoms with E-state index in [2.05, 4.69) is 47.5 Å². The Labute approximate surface area is 228 Å². The molecule has 0 N–H and O–H groups in total. The van der Waals surface area contributed by atoms with Crippen LogP contribution in [-0.4, -0.2) is 72.4 Å². The van der Waals surface area contributed by atoms with E-state index in [0.717, 1.165) is 25.1 Å². The van der Waals surface area contributed by atoms with Crippen molar-refractivity contribution >= 4 is 23.2 Å². The molecule has 3 heterocycles. The van der Waals surface area contributed by atoms with Crippen LogP contribution in [0.15, 0.2) is 66.0 Å². The highest BCUT2D eigenvalue weighted by Gasteiger charge is 2.47. The molecule has 0 spiro atoms. The van der Waals surface area contributed by atoms with E-state index in [0.29, 0.717) is 32.1 Å². The molecule has 0 radical (unpaired) electrons. The first-order chi connectivity index (χ1) is 18.5. The summed E-state index contributed by atoms with van der Waals surface area (Å²) in [6.07, 6.45) is 1.90. The molecule has 1 aromatic heterocycles. The van der Waals surface area contributed by atoms with Crippen LogP contribution in [-0.2, 0) is 16.0 Å². The maximum absolute atomic E-state index is 13.6. The molecule has 7 heteroatoms. The topological polar surface area (TPSA) is 53.1 Å². The second-order valence-corrected chi connectivity index (χ2v) is 11.8. The Kier molecular flexibility index (Phi) is 6.97. The van der Waals surface area contributed by atoms with Gasteiger partial charge >= 0.3 is 0 Å². The molecule has 4 atom stereocenters. The van der Waals surface area contributed by atoms with Gasteiger partial charge in [-0.1, -0.05) is 42.5 Å². The average Bonchev–Trinajstić information content (AvgIpc) is 3.62. The number of thiophene rings is 1. The molecule has 198 valence electrons. The summed E-state index contributed by atoms with van der Waals surface area (Å²) in [7, 11) is 1.68. The minimum absolute atomic E-state index is 0.0273. The summed E-state index contributed by atoms with van der Waals surface area (Å²) in [6, 6.07) is 20.9. The van der Waals surface area contributed by atoms with Crippen LogP contribution in [0.2, 0.25) is 0 Å². The molecule has 6 rings (SSSR count). The van der Waals surface area contributed by atoms with Crippen molar-refractivity contribution in [3.8, 4) is 5.75 Å². The highest BCUT2D eigenvalue weighted by atomic mass is 32.1. The van der Waals surface area contributed by atoms with Gasteiger partial charge in [0, 0.05) is 43.0 Å². The number of piperazine rings is 1. The second kappa shape index (κ2) is 10.5. The Morgan fingerprint density at radius 3 is 2.50 bits per heavy atom. The van der Waals surface area contributed by atoms with Crippen molar-refractivity contribution in [2.75, 3.05) is 39.8 Å². The van der Waals surface area contributed by atoms with Gasteiger partial charge in [0.15, 0.2) is 0 Å². The molecule has 2 amide bonds. The van der Waals surface area contributed by atoms with Gasteiger partial charge in [-0.25, -0.2) is 0 Å². The number of hydrogen-bond acceptors (Lipinski definition) is 5. The molecule has 38 heavy (non-hydrogen) atoms. The first kappa shape index (κ1) is 25.1. The molecule has 2 fully saturated rings. The summed E-state index contributed by atoms with van der Waals surface area (Å²) >= 11 is 1.81. The summed E-state index contributed by atoms with van der Waals surface area (Å²) < 4.78 is 5.36. The zero-order valence-electron chi connectivity index (χ0n) is 22.1. The fourth-order valence-corrected chi connectivity index (χ4v) is 7.15. The third-order valence-electron chi connectivity index (χ3n) is 8.43. The van der Waals surface area contributed by atoms with E-state index in [-0.39, 0.29) is 29.8 Å². The Morgan fingerprint density at radius 1 is 0.974 bits per heavy atom. The molecule has 3 aliphatic rings. The van der Waals surface area contributed by atoms with Crippen molar-refractivity contribution in [3.63, 3.8) is 0 Å². The van der Waals surface area contributed by atoms with Crippen molar-refractivity contribution in [1.82, 2.24) is 14.7 Å². The van der Waals surface area contributed by atoms with Gasteiger partial charge in [-0.15, -0.1) is 11.3 Å². The van der Waals surface area contributed by atoms with E-state index in [1.165, 1.54) is 21.6 Å². The van der Waals surface area contributed by atoms with Crippen molar-refractivity contribution in [2.45, 2.75) is 37.8 Å². The van der Waals surface area contributed by atoms with Gasteiger partial charge in [0.2, 0.25) is 11.8 Å². The Balaban J connectivity index is 1.10. The first-order valence-corrected chi connectivity index (χ1v) is 14.5. The van der Waals surface area contributed by atoms with E-state index >= 15 is 0 Å². The number of amides is 2. The van der Waals surface area contributed by atoms with Crippen LogP contribution < -0.4 is 4.74 Å². The Bertz CT molecular complexity index is 1290. The van der Waals surface area contributed by atoms with E-state index in [4.69, 9.17) is 4.74 Å². The highest BCUT2D eigenvalue weighted by Crippen LogP contribution is 2.48. The maximum atomic E-state index is 13.6. The number of rotatable bonds is 6. The second-order valence-electron chi connectivity index (χ2n) is 10.8. The largest absolute Gasteiger partial charge is 0.497 e. The number of nitrogens with zero attached hydrogens (tertiary/aromatic N) is 3. The molecular formula is C31H35N3O3S. The lowest BCUT2D eigenvalue weighted by Crippen LogP contribution is -2.57. The molecule has 2 aromatic carbocycles. The number of methoxy groups -OCH3 is 1. The molecule has 1 saturated heterocycles. The van der Waals surface area contributed by atoms with Gasteiger partial charge in [0.25, 0.3) is 0 Å². The summed E-state index contributed by atoms with van der Waals surface area (Å²) in [5, 5.41) is 2.16. The lowest BCUT2D eigenvalue weighted by Gasteiger charge is -2.42. The predicted octanol–water partition coefficient (Wildman–Crippen LogP) is 4.57. The van der Waals surface area contributed by atoms with Crippen LogP contribution in [0.4, 0.5) is 0 Å². The fourth-order valence-electron chi connectivity index (χ4n) is 6.25. The van der Waals surface area contributed by atoms with Crippen molar-refractivity contribution in [1.29, 1.82) is 0 Å². The third kappa shape index (κ3) is 4.85. The number of fused-ring (bicyclic) bond motifs is 1. The van der Waals surface area contributed by atoms with Crippen LogP contribution in [0.1, 0.15) is 46.9 Å². The standard InChI is InChI=1S/C31H35N3O3S/c1-21-19-32(15-16-34(21)31(36)27-18-26(27)22-6-4-3-5-7-22)29(35)20-33-14-12-28-25(13-17-38-28)30(33)23-8-10-24(37-2)11-9-23/h3-11,13,17,21,26-27,30H,12,14-16,18-20H2,1-2H3/t21?,26-,27?,30?/m0/s1. The van der Waals surface area contributed by atoms with E-state index in [1.807, 2.05) is 40.1 Å². The zero-order valence-corrected chi connectivity index (χ0v) is 22.9. The zero-order chi connectivity index (χ0) is 26.2. The molecular weight excluding hydrogens is 494 g/mol. The number of ether oxygens (including phenoxy) is 1.